The highest BCUT2D eigenvalue weighted by Gasteiger charge is 2.21. The minimum Gasteiger partial charge on any atom is -0.497 e. The first-order valence-corrected chi connectivity index (χ1v) is 9.66. The monoisotopic (exact) mass is 396 g/mol. The number of aliphatic carboxylic acids is 1. The van der Waals surface area contributed by atoms with Crippen molar-refractivity contribution in [2.75, 3.05) is 17.7 Å². The molecule has 1 aromatic carbocycles. The number of carbonyl (C=O) groups excluding carboxylic acids is 1. The van der Waals surface area contributed by atoms with E-state index in [0.717, 1.165) is 35.9 Å². The minimum absolute atomic E-state index is 0.304. The van der Waals surface area contributed by atoms with E-state index < -0.39 is 17.3 Å². The summed E-state index contributed by atoms with van der Waals surface area (Å²) in [6.07, 6.45) is 2.33. The number of carboxylic acid groups (broad SMARTS) is 1. The zero-order chi connectivity index (χ0) is 18.9. The summed E-state index contributed by atoms with van der Waals surface area (Å²) >= 11 is 2.30. The van der Waals surface area contributed by atoms with Gasteiger partial charge in [-0.3, -0.25) is 10.1 Å². The second-order valence-corrected chi connectivity index (χ2v) is 7.70. The molecule has 1 atom stereocenters. The lowest BCUT2D eigenvalue weighted by molar-refractivity contribution is -0.136. The molecule has 2 amide bonds. The Kier molecular flexibility index (Phi) is 7.67. The molecule has 0 unspecified atom stereocenters. The molecule has 0 saturated carbocycles. The van der Waals surface area contributed by atoms with Crippen LogP contribution >= 0.6 is 23.1 Å². The minimum atomic E-state index is -0.870. The van der Waals surface area contributed by atoms with E-state index >= 15 is 0 Å². The Labute approximate surface area is 159 Å². The molecule has 0 saturated heterocycles. The fourth-order valence-corrected chi connectivity index (χ4v) is 3.95. The summed E-state index contributed by atoms with van der Waals surface area (Å²) < 4.78 is 5.56. The maximum Gasteiger partial charge on any atom is 0.325 e. The van der Waals surface area contributed by atoms with E-state index in [0.29, 0.717) is 27.3 Å². The lowest BCUT2D eigenvalue weighted by Crippen LogP contribution is -2.19. The van der Waals surface area contributed by atoms with Gasteiger partial charge in [0.05, 0.1) is 7.11 Å². The van der Waals surface area contributed by atoms with Gasteiger partial charge in [0.15, 0.2) is 4.34 Å². The van der Waals surface area contributed by atoms with Gasteiger partial charge in [0.25, 0.3) is 0 Å². The molecule has 1 aromatic heterocycles. The Morgan fingerprint density at radius 3 is 2.62 bits per heavy atom. The quantitative estimate of drug-likeness (QED) is 0.435. The number of aromatic nitrogens is 2. The Morgan fingerprint density at radius 1 is 1.27 bits per heavy atom. The second-order valence-electron chi connectivity index (χ2n) is 5.27. The van der Waals surface area contributed by atoms with Crippen molar-refractivity contribution in [3.63, 3.8) is 0 Å². The molecule has 8 nitrogen and oxygen atoms in total. The molecule has 1 heterocycles. The normalized spacial score (nSPS) is 11.6. The molecule has 0 fully saturated rings. The summed E-state index contributed by atoms with van der Waals surface area (Å²) in [5, 5.41) is 22.1. The maximum atomic E-state index is 12.0. The lowest BCUT2D eigenvalue weighted by atomic mass is 10.2. The standard InChI is InChI=1S/C16H20N4O4S2/c1-3-4-5-12(13(21)22)25-16-20-19-15(26-16)18-14(23)17-10-6-8-11(24-2)9-7-10/h6-9,12H,3-5H2,1-2H3,(H,21,22)(H2,17,18,19,23)/t12-/m1/s1. The number of nitrogens with one attached hydrogen (secondary N) is 2. The van der Waals surface area contributed by atoms with Crippen molar-refractivity contribution < 1.29 is 19.4 Å². The molecule has 26 heavy (non-hydrogen) atoms. The number of benzene rings is 1. The van der Waals surface area contributed by atoms with Gasteiger partial charge in [0.1, 0.15) is 11.0 Å². The molecular weight excluding hydrogens is 376 g/mol. The van der Waals surface area contributed by atoms with E-state index in [9.17, 15) is 14.7 Å². The fourth-order valence-electron chi connectivity index (χ4n) is 1.99. The Bertz CT molecular complexity index is 736. The third-order valence-corrected chi connectivity index (χ3v) is 5.49. The predicted molar refractivity (Wildman–Crippen MR) is 102 cm³/mol. The van der Waals surface area contributed by atoms with Gasteiger partial charge in [-0.15, -0.1) is 10.2 Å². The van der Waals surface area contributed by atoms with E-state index in [2.05, 4.69) is 20.8 Å². The van der Waals surface area contributed by atoms with Crippen LogP contribution in [-0.4, -0.2) is 39.7 Å². The van der Waals surface area contributed by atoms with Crippen LogP contribution in [-0.2, 0) is 4.79 Å². The Morgan fingerprint density at radius 2 is 2.00 bits per heavy atom. The zero-order valence-electron chi connectivity index (χ0n) is 14.4. The molecule has 0 radical (unpaired) electrons. The van der Waals surface area contributed by atoms with Gasteiger partial charge < -0.3 is 15.2 Å². The molecule has 0 aliphatic rings. The number of rotatable bonds is 9. The lowest BCUT2D eigenvalue weighted by Gasteiger charge is -2.08. The van der Waals surface area contributed by atoms with E-state index in [1.807, 2.05) is 6.92 Å². The van der Waals surface area contributed by atoms with Crippen molar-refractivity contribution in [1.82, 2.24) is 10.2 Å². The predicted octanol–water partition coefficient (Wildman–Crippen LogP) is 3.93. The van der Waals surface area contributed by atoms with Crippen molar-refractivity contribution in [3.8, 4) is 5.75 Å². The van der Waals surface area contributed by atoms with E-state index in [1.54, 1.807) is 31.4 Å². The van der Waals surface area contributed by atoms with Gasteiger partial charge in [-0.2, -0.15) is 0 Å². The van der Waals surface area contributed by atoms with Gasteiger partial charge in [0.2, 0.25) is 5.13 Å². The average molecular weight is 396 g/mol. The first-order chi connectivity index (χ1) is 12.5. The highest BCUT2D eigenvalue weighted by Crippen LogP contribution is 2.31. The molecule has 0 aliphatic heterocycles. The number of methoxy groups -OCH3 is 1. The van der Waals surface area contributed by atoms with Gasteiger partial charge in [-0.1, -0.05) is 42.9 Å². The summed E-state index contributed by atoms with van der Waals surface area (Å²) in [6, 6.07) is 6.44. The molecule has 10 heteroatoms. The van der Waals surface area contributed by atoms with Gasteiger partial charge in [-0.25, -0.2) is 4.79 Å². The molecule has 2 aromatic rings. The second kappa shape index (κ2) is 9.97. The molecule has 2 rings (SSSR count). The van der Waals surface area contributed by atoms with E-state index in [4.69, 9.17) is 4.74 Å². The van der Waals surface area contributed by atoms with Crippen LogP contribution in [0.15, 0.2) is 28.6 Å². The topological polar surface area (TPSA) is 113 Å². The number of ether oxygens (including phenoxy) is 1. The first-order valence-electron chi connectivity index (χ1n) is 7.96. The summed E-state index contributed by atoms with van der Waals surface area (Å²) in [4.78, 5) is 23.3. The third kappa shape index (κ3) is 6.19. The van der Waals surface area contributed by atoms with Crippen molar-refractivity contribution in [3.05, 3.63) is 24.3 Å². The molecule has 0 spiro atoms. The number of urea groups is 1. The molecule has 0 bridgehead atoms. The number of carboxylic acids is 1. The van der Waals surface area contributed by atoms with Crippen molar-refractivity contribution >= 4 is 45.9 Å². The van der Waals surface area contributed by atoms with Crippen LogP contribution in [0, 0.1) is 0 Å². The Balaban J connectivity index is 1.89. The number of anilines is 2. The van der Waals surface area contributed by atoms with Crippen LogP contribution < -0.4 is 15.4 Å². The van der Waals surface area contributed by atoms with Crippen LogP contribution in [0.1, 0.15) is 26.2 Å². The van der Waals surface area contributed by atoms with Gasteiger partial charge >= 0.3 is 12.0 Å². The molecule has 140 valence electrons. The SMILES string of the molecule is CCCC[C@@H](Sc1nnc(NC(=O)Nc2ccc(OC)cc2)s1)C(=O)O. The molecule has 3 N–H and O–H groups in total. The smallest absolute Gasteiger partial charge is 0.325 e. The van der Waals surface area contributed by atoms with E-state index in [-0.39, 0.29) is 0 Å². The number of unbranched alkanes of at least 4 members (excludes halogenated alkanes) is 1. The summed E-state index contributed by atoms with van der Waals surface area (Å²) in [6.45, 7) is 2.01. The van der Waals surface area contributed by atoms with Gasteiger partial charge in [0, 0.05) is 5.69 Å². The summed E-state index contributed by atoms with van der Waals surface area (Å²) in [5.41, 5.74) is 0.605. The highest BCUT2D eigenvalue weighted by molar-refractivity contribution is 8.02. The van der Waals surface area contributed by atoms with Crippen LogP contribution in [0.25, 0.3) is 0 Å². The zero-order valence-corrected chi connectivity index (χ0v) is 16.0. The third-order valence-electron chi connectivity index (χ3n) is 3.31. The largest absolute Gasteiger partial charge is 0.497 e. The van der Waals surface area contributed by atoms with Crippen LogP contribution in [0.3, 0.4) is 0 Å². The van der Waals surface area contributed by atoms with Crippen molar-refractivity contribution in [2.24, 2.45) is 0 Å². The Hall–Kier alpha value is -2.33. The number of hydrogen-bond acceptors (Lipinski definition) is 7. The number of carbonyl (C=O) groups is 2. The van der Waals surface area contributed by atoms with Gasteiger partial charge in [-0.05, 0) is 30.7 Å². The highest BCUT2D eigenvalue weighted by atomic mass is 32.2. The number of nitrogens with zero attached hydrogens (tertiary/aromatic N) is 2. The van der Waals surface area contributed by atoms with Crippen molar-refractivity contribution in [1.29, 1.82) is 0 Å². The fraction of sp³-hybridized carbons (Fsp3) is 0.375. The van der Waals surface area contributed by atoms with E-state index in [1.165, 1.54) is 0 Å². The van der Waals surface area contributed by atoms with Crippen LogP contribution in [0.5, 0.6) is 5.75 Å². The van der Waals surface area contributed by atoms with Crippen molar-refractivity contribution in [2.45, 2.75) is 35.8 Å². The molecule has 0 aliphatic carbocycles. The summed E-state index contributed by atoms with van der Waals surface area (Å²) in [7, 11) is 1.57. The summed E-state index contributed by atoms with van der Waals surface area (Å²) in [5.74, 6) is -0.178. The maximum absolute atomic E-state index is 12.0. The number of hydrogen-bond donors (Lipinski definition) is 3. The number of thioether (sulfide) groups is 1. The molecular formula is C16H20N4O4S2. The first kappa shape index (κ1) is 20.0. The van der Waals surface area contributed by atoms with Crippen LogP contribution in [0.2, 0.25) is 0 Å². The van der Waals surface area contributed by atoms with Crippen LogP contribution in [0.4, 0.5) is 15.6 Å². The average Bonchev–Trinajstić information content (AvgIpc) is 3.05. The number of amides is 2.